The molecule has 1 aromatic carbocycles. The molecule has 0 aliphatic heterocycles. The Morgan fingerprint density at radius 1 is 1.35 bits per heavy atom. The Labute approximate surface area is 116 Å². The average Bonchev–Trinajstić information content (AvgIpc) is 2.47. The first-order valence-corrected chi connectivity index (χ1v) is 5.97. The second kappa shape index (κ2) is 5.85. The second-order valence-electron chi connectivity index (χ2n) is 4.15. The topological polar surface area (TPSA) is 75.0 Å². The Morgan fingerprint density at radius 2 is 2.15 bits per heavy atom. The Balaban J connectivity index is 2.26. The summed E-state index contributed by atoms with van der Waals surface area (Å²) in [6.45, 7) is 1.82. The van der Waals surface area contributed by atoms with E-state index in [0.717, 1.165) is 5.69 Å². The van der Waals surface area contributed by atoms with Crippen LogP contribution in [0, 0.1) is 18.3 Å². The van der Waals surface area contributed by atoms with Crippen molar-refractivity contribution < 1.29 is 9.53 Å². The van der Waals surface area contributed by atoms with E-state index in [-0.39, 0.29) is 5.91 Å². The van der Waals surface area contributed by atoms with Gasteiger partial charge in [0.25, 0.3) is 5.91 Å². The van der Waals surface area contributed by atoms with Crippen LogP contribution in [0.15, 0.2) is 36.4 Å². The molecular weight excluding hydrogens is 254 g/mol. The van der Waals surface area contributed by atoms with E-state index < -0.39 is 0 Å². The molecule has 0 spiro atoms. The number of aryl methyl sites for hydroxylation is 1. The predicted molar refractivity (Wildman–Crippen MR) is 74.6 cm³/mol. The lowest BCUT2D eigenvalue weighted by Gasteiger charge is -2.10. The maximum Gasteiger partial charge on any atom is 0.274 e. The number of nitrogens with one attached hydrogen (secondary N) is 1. The fourth-order valence-corrected chi connectivity index (χ4v) is 1.72. The van der Waals surface area contributed by atoms with Gasteiger partial charge in [0.1, 0.15) is 11.4 Å². The van der Waals surface area contributed by atoms with Gasteiger partial charge in [-0.05, 0) is 31.2 Å². The van der Waals surface area contributed by atoms with Crippen molar-refractivity contribution in [1.82, 2.24) is 4.98 Å². The molecule has 0 atom stereocenters. The highest BCUT2D eigenvalue weighted by Crippen LogP contribution is 2.25. The highest BCUT2D eigenvalue weighted by molar-refractivity contribution is 6.03. The van der Waals surface area contributed by atoms with Crippen molar-refractivity contribution in [3.05, 3.63) is 53.3 Å². The van der Waals surface area contributed by atoms with Crippen LogP contribution in [-0.4, -0.2) is 18.0 Å². The van der Waals surface area contributed by atoms with Crippen molar-refractivity contribution in [2.24, 2.45) is 0 Å². The molecular formula is C15H13N3O2. The van der Waals surface area contributed by atoms with E-state index in [1.807, 2.05) is 19.1 Å². The SMILES string of the molecule is COc1cc(C#N)ccc1NC(=O)c1cccc(C)n1. The summed E-state index contributed by atoms with van der Waals surface area (Å²) in [5, 5.41) is 11.6. The van der Waals surface area contributed by atoms with Crippen LogP contribution >= 0.6 is 0 Å². The largest absolute Gasteiger partial charge is 0.495 e. The molecule has 0 unspecified atom stereocenters. The molecule has 20 heavy (non-hydrogen) atoms. The minimum Gasteiger partial charge on any atom is -0.495 e. The Kier molecular flexibility index (Phi) is 3.96. The standard InChI is InChI=1S/C15H13N3O2/c1-10-4-3-5-13(17-10)15(19)18-12-7-6-11(9-16)8-14(12)20-2/h3-8H,1-2H3,(H,18,19). The Bertz CT molecular complexity index is 690. The van der Waals surface area contributed by atoms with E-state index in [4.69, 9.17) is 10.00 Å². The molecule has 0 radical (unpaired) electrons. The van der Waals surface area contributed by atoms with Gasteiger partial charge >= 0.3 is 0 Å². The van der Waals surface area contributed by atoms with E-state index in [9.17, 15) is 4.79 Å². The lowest BCUT2D eigenvalue weighted by atomic mass is 10.2. The summed E-state index contributed by atoms with van der Waals surface area (Å²) < 4.78 is 5.16. The van der Waals surface area contributed by atoms with Gasteiger partial charge in [0.15, 0.2) is 0 Å². The van der Waals surface area contributed by atoms with Crippen molar-refractivity contribution in [2.45, 2.75) is 6.92 Å². The number of nitriles is 1. The maximum absolute atomic E-state index is 12.1. The number of ether oxygens (including phenoxy) is 1. The summed E-state index contributed by atoms with van der Waals surface area (Å²) in [7, 11) is 1.48. The zero-order valence-electron chi connectivity index (χ0n) is 11.2. The number of carbonyl (C=O) groups is 1. The third-order valence-electron chi connectivity index (χ3n) is 2.70. The molecule has 0 fully saturated rings. The number of amides is 1. The number of nitrogens with zero attached hydrogens (tertiary/aromatic N) is 2. The minimum absolute atomic E-state index is 0.322. The molecule has 0 aliphatic rings. The molecule has 5 nitrogen and oxygen atoms in total. The van der Waals surface area contributed by atoms with Crippen molar-refractivity contribution in [2.75, 3.05) is 12.4 Å². The zero-order chi connectivity index (χ0) is 14.5. The quantitative estimate of drug-likeness (QED) is 0.927. The van der Waals surface area contributed by atoms with Gasteiger partial charge in [0.05, 0.1) is 24.4 Å². The third-order valence-corrected chi connectivity index (χ3v) is 2.70. The van der Waals surface area contributed by atoms with Gasteiger partial charge in [0, 0.05) is 11.8 Å². The number of benzene rings is 1. The van der Waals surface area contributed by atoms with Crippen LogP contribution in [0.3, 0.4) is 0 Å². The molecule has 1 amide bonds. The molecule has 0 saturated carbocycles. The molecule has 5 heteroatoms. The van der Waals surface area contributed by atoms with Crippen molar-refractivity contribution in [3.8, 4) is 11.8 Å². The maximum atomic E-state index is 12.1. The zero-order valence-corrected chi connectivity index (χ0v) is 11.2. The first-order chi connectivity index (χ1) is 9.63. The summed E-state index contributed by atoms with van der Waals surface area (Å²) in [6.07, 6.45) is 0. The van der Waals surface area contributed by atoms with Crippen molar-refractivity contribution >= 4 is 11.6 Å². The van der Waals surface area contributed by atoms with Gasteiger partial charge < -0.3 is 10.1 Å². The van der Waals surface area contributed by atoms with Crippen molar-refractivity contribution in [1.29, 1.82) is 5.26 Å². The fraction of sp³-hybridized carbons (Fsp3) is 0.133. The molecule has 1 N–H and O–H groups in total. The van der Waals surface area contributed by atoms with Crippen LogP contribution < -0.4 is 10.1 Å². The lowest BCUT2D eigenvalue weighted by Crippen LogP contribution is -2.14. The smallest absolute Gasteiger partial charge is 0.274 e. The van der Waals surface area contributed by atoms with Crippen LogP contribution in [0.2, 0.25) is 0 Å². The minimum atomic E-state index is -0.322. The highest BCUT2D eigenvalue weighted by atomic mass is 16.5. The normalized spacial score (nSPS) is 9.65. The Hall–Kier alpha value is -2.87. The number of aromatic nitrogens is 1. The number of anilines is 1. The molecule has 2 aromatic rings. The summed E-state index contributed by atoms with van der Waals surface area (Å²) >= 11 is 0. The first-order valence-electron chi connectivity index (χ1n) is 5.97. The van der Waals surface area contributed by atoms with E-state index in [0.29, 0.717) is 22.7 Å². The van der Waals surface area contributed by atoms with E-state index >= 15 is 0 Å². The summed E-state index contributed by atoms with van der Waals surface area (Å²) in [5.74, 6) is 0.113. The van der Waals surface area contributed by atoms with Crippen LogP contribution in [0.4, 0.5) is 5.69 Å². The number of methoxy groups -OCH3 is 1. The third kappa shape index (κ3) is 2.93. The van der Waals surface area contributed by atoms with Crippen LogP contribution in [0.1, 0.15) is 21.7 Å². The number of hydrogen-bond acceptors (Lipinski definition) is 4. The number of rotatable bonds is 3. The fourth-order valence-electron chi connectivity index (χ4n) is 1.72. The first kappa shape index (κ1) is 13.6. The summed E-state index contributed by atoms with van der Waals surface area (Å²) in [5.41, 5.74) is 2.06. The molecule has 0 aliphatic carbocycles. The monoisotopic (exact) mass is 267 g/mol. The van der Waals surface area contributed by atoms with Crippen LogP contribution in [0.5, 0.6) is 5.75 Å². The molecule has 0 bridgehead atoms. The summed E-state index contributed by atoms with van der Waals surface area (Å²) in [4.78, 5) is 16.2. The molecule has 1 aromatic heterocycles. The molecule has 100 valence electrons. The van der Waals surface area contributed by atoms with E-state index in [1.165, 1.54) is 7.11 Å². The molecule has 1 heterocycles. The number of pyridine rings is 1. The van der Waals surface area contributed by atoms with Gasteiger partial charge in [-0.3, -0.25) is 4.79 Å². The van der Waals surface area contributed by atoms with Gasteiger partial charge in [0.2, 0.25) is 0 Å². The van der Waals surface area contributed by atoms with Crippen LogP contribution in [0.25, 0.3) is 0 Å². The lowest BCUT2D eigenvalue weighted by molar-refractivity contribution is 0.102. The van der Waals surface area contributed by atoms with Gasteiger partial charge in [-0.1, -0.05) is 6.07 Å². The number of carbonyl (C=O) groups excluding carboxylic acids is 1. The van der Waals surface area contributed by atoms with Gasteiger partial charge in [-0.2, -0.15) is 5.26 Å². The average molecular weight is 267 g/mol. The van der Waals surface area contributed by atoms with Gasteiger partial charge in [-0.25, -0.2) is 4.98 Å². The van der Waals surface area contributed by atoms with Crippen molar-refractivity contribution in [3.63, 3.8) is 0 Å². The second-order valence-corrected chi connectivity index (χ2v) is 4.15. The van der Waals surface area contributed by atoms with Crippen LogP contribution in [-0.2, 0) is 0 Å². The number of hydrogen-bond donors (Lipinski definition) is 1. The predicted octanol–water partition coefficient (Wildman–Crippen LogP) is 2.52. The molecule has 2 rings (SSSR count). The van der Waals surface area contributed by atoms with E-state index in [1.54, 1.807) is 30.3 Å². The Morgan fingerprint density at radius 3 is 2.80 bits per heavy atom. The summed E-state index contributed by atoms with van der Waals surface area (Å²) in [6, 6.07) is 12.1. The van der Waals surface area contributed by atoms with E-state index in [2.05, 4.69) is 10.3 Å². The highest BCUT2D eigenvalue weighted by Gasteiger charge is 2.11. The van der Waals surface area contributed by atoms with Gasteiger partial charge in [-0.15, -0.1) is 0 Å². The molecule has 0 saturated heterocycles.